The fraction of sp³-hybridized carbons (Fsp3) is 0.353. The van der Waals surface area contributed by atoms with E-state index in [2.05, 4.69) is 5.16 Å². The van der Waals surface area contributed by atoms with E-state index in [4.69, 9.17) is 9.26 Å². The molecule has 2 heterocycles. The van der Waals surface area contributed by atoms with Crippen LogP contribution in [0.3, 0.4) is 0 Å². The van der Waals surface area contributed by atoms with E-state index >= 15 is 0 Å². The maximum Gasteiger partial charge on any atom is 0.409 e. The summed E-state index contributed by atoms with van der Waals surface area (Å²) in [5, 5.41) is 3.84. The molecule has 1 aliphatic rings. The molecule has 0 saturated carbocycles. The molecule has 25 heavy (non-hydrogen) atoms. The lowest BCUT2D eigenvalue weighted by molar-refractivity contribution is 0.0539. The van der Waals surface area contributed by atoms with Crippen molar-refractivity contribution in [2.45, 2.75) is 6.92 Å². The van der Waals surface area contributed by atoms with Gasteiger partial charge in [-0.15, -0.1) is 0 Å². The van der Waals surface area contributed by atoms with E-state index in [1.165, 1.54) is 18.2 Å². The molecule has 0 aliphatic carbocycles. The number of ether oxygens (including phenoxy) is 1. The second kappa shape index (κ2) is 7.33. The first-order chi connectivity index (χ1) is 12.1. The number of nitrogens with zero attached hydrogens (tertiary/aromatic N) is 3. The molecule has 132 valence electrons. The van der Waals surface area contributed by atoms with Gasteiger partial charge in [0.1, 0.15) is 11.5 Å². The summed E-state index contributed by atoms with van der Waals surface area (Å²) < 4.78 is 23.4. The standard InChI is InChI=1S/C17H18FN3O4/c1-2-24-17(23)21-8-6-20(7-9-21)16(22)15-11-14(19-25-15)12-4-3-5-13(18)10-12/h3-5,10-11H,2,6-9H2,1H3. The maximum absolute atomic E-state index is 13.3. The molecule has 3 rings (SSSR count). The second-order valence-corrected chi connectivity index (χ2v) is 5.56. The molecule has 1 fully saturated rings. The minimum Gasteiger partial charge on any atom is -0.450 e. The van der Waals surface area contributed by atoms with Crippen LogP contribution in [-0.2, 0) is 4.74 Å². The van der Waals surface area contributed by atoms with E-state index in [9.17, 15) is 14.0 Å². The van der Waals surface area contributed by atoms with Crippen molar-refractivity contribution >= 4 is 12.0 Å². The lowest BCUT2D eigenvalue weighted by atomic mass is 10.1. The van der Waals surface area contributed by atoms with Crippen molar-refractivity contribution in [2.75, 3.05) is 32.8 Å². The Labute approximate surface area is 143 Å². The van der Waals surface area contributed by atoms with Crippen molar-refractivity contribution in [2.24, 2.45) is 0 Å². The Morgan fingerprint density at radius 1 is 1.20 bits per heavy atom. The Bertz CT molecular complexity index is 769. The zero-order valence-electron chi connectivity index (χ0n) is 13.8. The summed E-state index contributed by atoms with van der Waals surface area (Å²) in [6, 6.07) is 7.40. The third-order valence-corrected chi connectivity index (χ3v) is 3.93. The van der Waals surface area contributed by atoms with Gasteiger partial charge in [-0.25, -0.2) is 9.18 Å². The quantitative estimate of drug-likeness (QED) is 0.852. The van der Waals surface area contributed by atoms with Gasteiger partial charge < -0.3 is 19.1 Å². The Balaban J connectivity index is 1.64. The molecule has 1 aromatic heterocycles. The highest BCUT2D eigenvalue weighted by Gasteiger charge is 2.27. The van der Waals surface area contributed by atoms with Crippen molar-refractivity contribution in [3.63, 3.8) is 0 Å². The van der Waals surface area contributed by atoms with Crippen LogP contribution < -0.4 is 0 Å². The van der Waals surface area contributed by atoms with E-state index in [1.54, 1.807) is 28.9 Å². The third-order valence-electron chi connectivity index (χ3n) is 3.93. The zero-order valence-corrected chi connectivity index (χ0v) is 13.8. The van der Waals surface area contributed by atoms with Crippen molar-refractivity contribution < 1.29 is 23.2 Å². The minimum absolute atomic E-state index is 0.0869. The fourth-order valence-corrected chi connectivity index (χ4v) is 2.62. The molecule has 0 radical (unpaired) electrons. The Morgan fingerprint density at radius 3 is 2.60 bits per heavy atom. The van der Waals surface area contributed by atoms with Crippen LogP contribution >= 0.6 is 0 Å². The molecule has 0 spiro atoms. The summed E-state index contributed by atoms with van der Waals surface area (Å²) >= 11 is 0. The molecule has 8 heteroatoms. The number of hydrogen-bond acceptors (Lipinski definition) is 5. The molecule has 2 aromatic rings. The van der Waals surface area contributed by atoms with Gasteiger partial charge in [0.25, 0.3) is 5.91 Å². The molecule has 1 saturated heterocycles. The average molecular weight is 347 g/mol. The molecular weight excluding hydrogens is 329 g/mol. The van der Waals surface area contributed by atoms with Crippen LogP contribution in [0.1, 0.15) is 17.5 Å². The summed E-state index contributed by atoms with van der Waals surface area (Å²) in [5.41, 5.74) is 0.933. The molecule has 2 amide bonds. The van der Waals surface area contributed by atoms with E-state index in [1.807, 2.05) is 0 Å². The smallest absolute Gasteiger partial charge is 0.409 e. The summed E-state index contributed by atoms with van der Waals surface area (Å²) in [4.78, 5) is 27.3. The van der Waals surface area contributed by atoms with Crippen LogP contribution in [0.5, 0.6) is 0 Å². The summed E-state index contributed by atoms with van der Waals surface area (Å²) in [7, 11) is 0. The second-order valence-electron chi connectivity index (χ2n) is 5.56. The highest BCUT2D eigenvalue weighted by atomic mass is 19.1. The molecule has 0 N–H and O–H groups in total. The van der Waals surface area contributed by atoms with Crippen molar-refractivity contribution in [1.82, 2.24) is 15.0 Å². The highest BCUT2D eigenvalue weighted by molar-refractivity contribution is 5.92. The number of carbonyl (C=O) groups excluding carboxylic acids is 2. The van der Waals surface area contributed by atoms with E-state index in [0.29, 0.717) is 44.0 Å². The van der Waals surface area contributed by atoms with E-state index < -0.39 is 0 Å². The number of benzene rings is 1. The van der Waals surface area contributed by atoms with Gasteiger partial charge in [-0.3, -0.25) is 4.79 Å². The molecule has 0 unspecified atom stereocenters. The van der Waals surface area contributed by atoms with Crippen molar-refractivity contribution in [3.05, 3.63) is 41.9 Å². The molecular formula is C17H18FN3O4. The normalized spacial score (nSPS) is 14.5. The minimum atomic E-state index is -0.386. The monoisotopic (exact) mass is 347 g/mol. The van der Waals surface area contributed by atoms with Crippen molar-refractivity contribution in [3.8, 4) is 11.3 Å². The fourth-order valence-electron chi connectivity index (χ4n) is 2.62. The van der Waals surface area contributed by atoms with Gasteiger partial charge in [0.05, 0.1) is 6.61 Å². The number of rotatable bonds is 3. The SMILES string of the molecule is CCOC(=O)N1CCN(C(=O)c2cc(-c3cccc(F)c3)no2)CC1. The predicted octanol–water partition coefficient (Wildman–Crippen LogP) is 2.40. The number of piperazine rings is 1. The molecule has 1 aromatic carbocycles. The Morgan fingerprint density at radius 2 is 1.92 bits per heavy atom. The predicted molar refractivity (Wildman–Crippen MR) is 86.4 cm³/mol. The average Bonchev–Trinajstić information content (AvgIpc) is 3.11. The zero-order chi connectivity index (χ0) is 17.8. The van der Waals surface area contributed by atoms with Gasteiger partial charge in [-0.1, -0.05) is 17.3 Å². The third kappa shape index (κ3) is 3.78. The van der Waals surface area contributed by atoms with Gasteiger partial charge in [0.2, 0.25) is 5.76 Å². The highest BCUT2D eigenvalue weighted by Crippen LogP contribution is 2.21. The number of amides is 2. The van der Waals surface area contributed by atoms with Crippen molar-refractivity contribution in [1.29, 1.82) is 0 Å². The number of hydrogen-bond donors (Lipinski definition) is 0. The van der Waals surface area contributed by atoms with Gasteiger partial charge in [-0.05, 0) is 19.1 Å². The van der Waals surface area contributed by atoms with Gasteiger partial charge >= 0.3 is 6.09 Å². The summed E-state index contributed by atoms with van der Waals surface area (Å²) in [6.07, 6.45) is -0.373. The first-order valence-electron chi connectivity index (χ1n) is 8.02. The van der Waals surface area contributed by atoms with Crippen LogP contribution in [0, 0.1) is 5.82 Å². The van der Waals surface area contributed by atoms with Gasteiger partial charge in [0, 0.05) is 37.8 Å². The number of aromatic nitrogens is 1. The van der Waals surface area contributed by atoms with E-state index in [0.717, 1.165) is 0 Å². The first kappa shape index (κ1) is 16.9. The Kier molecular flexibility index (Phi) is 4.97. The largest absolute Gasteiger partial charge is 0.450 e. The van der Waals surface area contributed by atoms with Crippen LogP contribution in [-0.4, -0.2) is 59.7 Å². The Hall–Kier alpha value is -2.90. The number of halogens is 1. The first-order valence-corrected chi connectivity index (χ1v) is 8.02. The molecule has 7 nitrogen and oxygen atoms in total. The molecule has 0 bridgehead atoms. The lowest BCUT2D eigenvalue weighted by Crippen LogP contribution is -2.50. The van der Waals surface area contributed by atoms with E-state index in [-0.39, 0.29) is 23.6 Å². The maximum atomic E-state index is 13.3. The van der Waals surface area contributed by atoms with Crippen LogP contribution in [0.4, 0.5) is 9.18 Å². The number of carbonyl (C=O) groups is 2. The summed E-state index contributed by atoms with van der Waals surface area (Å²) in [5.74, 6) is -0.606. The summed E-state index contributed by atoms with van der Waals surface area (Å²) in [6.45, 7) is 3.63. The molecule has 0 atom stereocenters. The van der Waals surface area contributed by atoms with Crippen LogP contribution in [0.2, 0.25) is 0 Å². The van der Waals surface area contributed by atoms with Gasteiger partial charge in [-0.2, -0.15) is 0 Å². The van der Waals surface area contributed by atoms with Crippen LogP contribution in [0.25, 0.3) is 11.3 Å². The van der Waals surface area contributed by atoms with Crippen LogP contribution in [0.15, 0.2) is 34.9 Å². The lowest BCUT2D eigenvalue weighted by Gasteiger charge is -2.33. The topological polar surface area (TPSA) is 75.9 Å². The van der Waals surface area contributed by atoms with Gasteiger partial charge in [0.15, 0.2) is 0 Å². The molecule has 1 aliphatic heterocycles.